The molecule has 6 heteroatoms. The highest BCUT2D eigenvalue weighted by Crippen LogP contribution is 2.26. The lowest BCUT2D eigenvalue weighted by molar-refractivity contribution is 0.270. The van der Waals surface area contributed by atoms with Crippen LogP contribution in [0.4, 0.5) is 5.82 Å². The van der Waals surface area contributed by atoms with Gasteiger partial charge >= 0.3 is 0 Å². The third kappa shape index (κ3) is 2.75. The summed E-state index contributed by atoms with van der Waals surface area (Å²) in [4.78, 5) is 14.1. The van der Waals surface area contributed by atoms with E-state index < -0.39 is 0 Å². The van der Waals surface area contributed by atoms with Crippen LogP contribution in [0.3, 0.4) is 0 Å². The van der Waals surface area contributed by atoms with E-state index in [0.717, 1.165) is 62.8 Å². The second-order valence-electron chi connectivity index (χ2n) is 5.09. The van der Waals surface area contributed by atoms with Gasteiger partial charge in [-0.3, -0.25) is 0 Å². The first-order valence-corrected chi connectivity index (χ1v) is 7.80. The lowest BCUT2D eigenvalue weighted by Gasteiger charge is -2.36. The molecule has 1 fully saturated rings. The Balaban J connectivity index is 1.86. The molecule has 0 spiro atoms. The normalized spacial score (nSPS) is 20.4. The van der Waals surface area contributed by atoms with Gasteiger partial charge in [0.25, 0.3) is 0 Å². The molecule has 1 saturated heterocycles. The largest absolute Gasteiger partial charge is 0.354 e. The molecular weight excluding hydrogens is 306 g/mol. The molecule has 1 aromatic rings. The van der Waals surface area contributed by atoms with Gasteiger partial charge in [-0.1, -0.05) is 6.92 Å². The van der Waals surface area contributed by atoms with Gasteiger partial charge in [0.1, 0.15) is 5.82 Å². The van der Waals surface area contributed by atoms with Gasteiger partial charge in [-0.15, -0.1) is 0 Å². The fraction of sp³-hybridized carbons (Fsp3) is 0.692. The molecule has 0 atom stereocenters. The summed E-state index contributed by atoms with van der Waals surface area (Å²) in [6.45, 7) is 9.64. The van der Waals surface area contributed by atoms with E-state index in [-0.39, 0.29) is 0 Å². The van der Waals surface area contributed by atoms with Gasteiger partial charge in [0.05, 0.1) is 5.69 Å². The maximum Gasteiger partial charge on any atom is 0.198 e. The molecule has 0 bridgehead atoms. The zero-order valence-electron chi connectivity index (χ0n) is 11.3. The number of halogens is 1. The Morgan fingerprint density at radius 2 is 2.00 bits per heavy atom. The standard InChI is InChI=1S/C13H20BrN5/c1-2-18-5-7-19(8-6-18)12-10-9-15-4-3-11(10)16-13(14)17-12/h15H,2-9H2,1H3. The van der Waals surface area contributed by atoms with Gasteiger partial charge in [0.2, 0.25) is 0 Å². The van der Waals surface area contributed by atoms with Crippen molar-refractivity contribution in [1.29, 1.82) is 0 Å². The van der Waals surface area contributed by atoms with Gasteiger partial charge in [-0.05, 0) is 22.5 Å². The van der Waals surface area contributed by atoms with Crippen LogP contribution >= 0.6 is 15.9 Å². The number of rotatable bonds is 2. The fourth-order valence-corrected chi connectivity index (χ4v) is 3.22. The Morgan fingerprint density at radius 1 is 1.21 bits per heavy atom. The van der Waals surface area contributed by atoms with Crippen LogP contribution in [0.1, 0.15) is 18.2 Å². The van der Waals surface area contributed by atoms with Gasteiger partial charge in [0, 0.05) is 51.3 Å². The number of hydrogen-bond acceptors (Lipinski definition) is 5. The number of likely N-dealkylation sites (N-methyl/N-ethyl adjacent to an activating group) is 1. The molecule has 0 saturated carbocycles. The average molecular weight is 326 g/mol. The minimum absolute atomic E-state index is 0.723. The maximum absolute atomic E-state index is 4.63. The summed E-state index contributed by atoms with van der Waals surface area (Å²) < 4.78 is 0.723. The Morgan fingerprint density at radius 3 is 2.74 bits per heavy atom. The third-order valence-electron chi connectivity index (χ3n) is 4.00. The van der Waals surface area contributed by atoms with Crippen LogP contribution in [0.25, 0.3) is 0 Å². The van der Waals surface area contributed by atoms with Crippen molar-refractivity contribution in [2.24, 2.45) is 0 Å². The van der Waals surface area contributed by atoms with Gasteiger partial charge in [-0.2, -0.15) is 0 Å². The van der Waals surface area contributed by atoms with Crippen molar-refractivity contribution in [3.05, 3.63) is 16.0 Å². The SMILES string of the molecule is CCN1CCN(c2nc(Br)nc3c2CNCC3)CC1. The van der Waals surface area contributed by atoms with E-state index in [1.54, 1.807) is 0 Å². The summed E-state index contributed by atoms with van der Waals surface area (Å²) in [5.41, 5.74) is 2.49. The predicted octanol–water partition coefficient (Wildman–Crippen LogP) is 1.03. The van der Waals surface area contributed by atoms with Crippen LogP contribution in [0.5, 0.6) is 0 Å². The highest BCUT2D eigenvalue weighted by Gasteiger charge is 2.23. The summed E-state index contributed by atoms with van der Waals surface area (Å²) in [5, 5.41) is 3.43. The first-order valence-electron chi connectivity index (χ1n) is 7.01. The molecular formula is C13H20BrN5. The summed E-state index contributed by atoms with van der Waals surface area (Å²) in [5.74, 6) is 1.12. The van der Waals surface area contributed by atoms with Gasteiger partial charge in [-0.25, -0.2) is 9.97 Å². The zero-order valence-corrected chi connectivity index (χ0v) is 12.9. The third-order valence-corrected chi connectivity index (χ3v) is 4.36. The van der Waals surface area contributed by atoms with E-state index in [9.17, 15) is 0 Å². The van der Waals surface area contributed by atoms with Gasteiger partial charge in [0.15, 0.2) is 4.73 Å². The van der Waals surface area contributed by atoms with Crippen LogP contribution in [0.15, 0.2) is 4.73 Å². The Labute approximate surface area is 122 Å². The summed E-state index contributed by atoms with van der Waals surface area (Å²) in [6, 6.07) is 0. The second kappa shape index (κ2) is 5.73. The van der Waals surface area contributed by atoms with E-state index in [1.165, 1.54) is 11.3 Å². The van der Waals surface area contributed by atoms with Gasteiger partial charge < -0.3 is 15.1 Å². The zero-order chi connectivity index (χ0) is 13.2. The summed E-state index contributed by atoms with van der Waals surface area (Å²) in [7, 11) is 0. The van der Waals surface area contributed by atoms with E-state index in [2.05, 4.69) is 47.9 Å². The van der Waals surface area contributed by atoms with Crippen molar-refractivity contribution in [2.75, 3.05) is 44.2 Å². The van der Waals surface area contributed by atoms with Crippen LogP contribution in [-0.4, -0.2) is 54.1 Å². The fourth-order valence-electron chi connectivity index (χ4n) is 2.83. The molecule has 1 N–H and O–H groups in total. The molecule has 0 aliphatic carbocycles. The molecule has 0 aromatic carbocycles. The van der Waals surface area contributed by atoms with Crippen molar-refractivity contribution in [1.82, 2.24) is 20.2 Å². The van der Waals surface area contributed by atoms with Crippen molar-refractivity contribution in [3.63, 3.8) is 0 Å². The van der Waals surface area contributed by atoms with Crippen LogP contribution in [-0.2, 0) is 13.0 Å². The molecule has 0 unspecified atom stereocenters. The molecule has 0 radical (unpaired) electrons. The molecule has 3 heterocycles. The molecule has 104 valence electrons. The monoisotopic (exact) mass is 325 g/mol. The van der Waals surface area contributed by atoms with E-state index in [1.807, 2.05) is 0 Å². The number of anilines is 1. The van der Waals surface area contributed by atoms with Crippen LogP contribution < -0.4 is 10.2 Å². The van der Waals surface area contributed by atoms with Crippen LogP contribution in [0.2, 0.25) is 0 Å². The number of hydrogen-bond donors (Lipinski definition) is 1. The topological polar surface area (TPSA) is 44.3 Å². The first kappa shape index (κ1) is 13.3. The Bertz CT molecular complexity index is 457. The second-order valence-corrected chi connectivity index (χ2v) is 5.80. The summed E-state index contributed by atoms with van der Waals surface area (Å²) in [6.07, 6.45) is 0.998. The van der Waals surface area contributed by atoms with Crippen molar-refractivity contribution in [3.8, 4) is 0 Å². The lowest BCUT2D eigenvalue weighted by atomic mass is 10.1. The number of nitrogens with zero attached hydrogens (tertiary/aromatic N) is 4. The Kier molecular flexibility index (Phi) is 4.00. The number of fused-ring (bicyclic) bond motifs is 1. The first-order chi connectivity index (χ1) is 9.28. The van der Waals surface area contributed by atoms with E-state index in [0.29, 0.717) is 0 Å². The quantitative estimate of drug-likeness (QED) is 0.823. The van der Waals surface area contributed by atoms with E-state index in [4.69, 9.17) is 0 Å². The molecule has 5 nitrogen and oxygen atoms in total. The number of piperazine rings is 1. The van der Waals surface area contributed by atoms with Crippen molar-refractivity contribution in [2.45, 2.75) is 19.9 Å². The Hall–Kier alpha value is -0.720. The smallest absolute Gasteiger partial charge is 0.198 e. The summed E-state index contributed by atoms with van der Waals surface area (Å²) >= 11 is 3.45. The molecule has 3 rings (SSSR count). The van der Waals surface area contributed by atoms with E-state index >= 15 is 0 Å². The molecule has 1 aromatic heterocycles. The molecule has 0 amide bonds. The highest BCUT2D eigenvalue weighted by atomic mass is 79.9. The average Bonchev–Trinajstić information content (AvgIpc) is 2.46. The minimum atomic E-state index is 0.723. The molecule has 2 aliphatic heterocycles. The maximum atomic E-state index is 4.63. The van der Waals surface area contributed by atoms with Crippen molar-refractivity contribution < 1.29 is 0 Å². The van der Waals surface area contributed by atoms with Crippen molar-refractivity contribution >= 4 is 21.7 Å². The molecule has 19 heavy (non-hydrogen) atoms. The lowest BCUT2D eigenvalue weighted by Crippen LogP contribution is -2.47. The predicted molar refractivity (Wildman–Crippen MR) is 79.5 cm³/mol. The minimum Gasteiger partial charge on any atom is -0.354 e. The van der Waals surface area contributed by atoms with Crippen LogP contribution in [0, 0.1) is 0 Å². The number of aromatic nitrogens is 2. The molecule has 2 aliphatic rings. The number of nitrogens with one attached hydrogen (secondary N) is 1. The highest BCUT2D eigenvalue weighted by molar-refractivity contribution is 9.10.